The molecule has 1 aromatic carbocycles. The lowest BCUT2D eigenvalue weighted by molar-refractivity contribution is 0.0969. The van der Waals surface area contributed by atoms with Crippen molar-refractivity contribution < 1.29 is 4.79 Å². The third-order valence-corrected chi connectivity index (χ3v) is 5.40. The lowest BCUT2D eigenvalue weighted by atomic mass is 10.1. The summed E-state index contributed by atoms with van der Waals surface area (Å²) in [5, 5.41) is 4.71. The molecule has 1 fully saturated rings. The molecule has 5 rings (SSSR count). The molecule has 6 heteroatoms. The second-order valence-electron chi connectivity index (χ2n) is 7.50. The standard InChI is InChI=1S/C21H21N5O/c1-13-12-22-10-9-17(13)26-20(23-19(24-26)15-7-8-15)21(27)25-14(2)11-16-5-3-4-6-18(16)25/h3-6,9-10,12,14-15H,7-8,11H2,1-2H3/t14-/m0/s1. The van der Waals surface area contributed by atoms with Crippen LogP contribution in [-0.4, -0.2) is 31.7 Å². The van der Waals surface area contributed by atoms with Gasteiger partial charge in [0, 0.05) is 30.0 Å². The summed E-state index contributed by atoms with van der Waals surface area (Å²) in [4.78, 5) is 24.3. The highest BCUT2D eigenvalue weighted by Gasteiger charge is 2.36. The van der Waals surface area contributed by atoms with Gasteiger partial charge in [-0.15, -0.1) is 0 Å². The number of fused-ring (bicyclic) bond motifs is 1. The van der Waals surface area contributed by atoms with Gasteiger partial charge in [0.05, 0.1) is 5.69 Å². The van der Waals surface area contributed by atoms with Crippen LogP contribution in [0.5, 0.6) is 0 Å². The van der Waals surface area contributed by atoms with E-state index in [0.29, 0.717) is 11.7 Å². The van der Waals surface area contributed by atoms with E-state index in [4.69, 9.17) is 5.10 Å². The van der Waals surface area contributed by atoms with Gasteiger partial charge in [-0.1, -0.05) is 18.2 Å². The van der Waals surface area contributed by atoms with Gasteiger partial charge in [0.2, 0.25) is 5.82 Å². The number of carbonyl (C=O) groups is 1. The molecule has 0 saturated heterocycles. The second kappa shape index (κ2) is 6.01. The topological polar surface area (TPSA) is 63.9 Å². The molecule has 0 spiro atoms. The number of carbonyl (C=O) groups excluding carboxylic acids is 1. The highest BCUT2D eigenvalue weighted by atomic mass is 16.2. The monoisotopic (exact) mass is 359 g/mol. The van der Waals surface area contributed by atoms with Crippen LogP contribution in [0, 0.1) is 6.92 Å². The zero-order valence-corrected chi connectivity index (χ0v) is 15.5. The highest BCUT2D eigenvalue weighted by Crippen LogP contribution is 2.39. The quantitative estimate of drug-likeness (QED) is 0.719. The normalized spacial score (nSPS) is 18.6. The molecule has 136 valence electrons. The van der Waals surface area contributed by atoms with E-state index < -0.39 is 0 Å². The van der Waals surface area contributed by atoms with Crippen molar-refractivity contribution in [3.8, 4) is 5.69 Å². The van der Waals surface area contributed by atoms with Crippen LogP contribution in [0.4, 0.5) is 5.69 Å². The number of aromatic nitrogens is 4. The van der Waals surface area contributed by atoms with Crippen molar-refractivity contribution in [2.75, 3.05) is 4.90 Å². The van der Waals surface area contributed by atoms with Crippen molar-refractivity contribution in [3.63, 3.8) is 0 Å². The Labute approximate surface area is 157 Å². The van der Waals surface area contributed by atoms with Crippen LogP contribution in [0.15, 0.2) is 42.7 Å². The van der Waals surface area contributed by atoms with Gasteiger partial charge in [-0.05, 0) is 56.4 Å². The van der Waals surface area contributed by atoms with Gasteiger partial charge in [-0.3, -0.25) is 9.78 Å². The van der Waals surface area contributed by atoms with E-state index in [1.807, 2.05) is 36.1 Å². The lowest BCUT2D eigenvalue weighted by Gasteiger charge is -2.22. The maximum atomic E-state index is 13.6. The molecule has 1 atom stereocenters. The number of benzene rings is 1. The molecule has 1 aliphatic heterocycles. The van der Waals surface area contributed by atoms with Crippen LogP contribution in [0.25, 0.3) is 5.69 Å². The zero-order valence-electron chi connectivity index (χ0n) is 15.5. The molecule has 2 aromatic heterocycles. The Morgan fingerprint density at radius 2 is 1.96 bits per heavy atom. The van der Waals surface area contributed by atoms with Crippen LogP contribution in [0.2, 0.25) is 0 Å². The first-order valence-electron chi connectivity index (χ1n) is 9.43. The minimum absolute atomic E-state index is 0.0944. The first kappa shape index (κ1) is 16.2. The average Bonchev–Trinajstić information content (AvgIpc) is 3.33. The number of anilines is 1. The molecule has 27 heavy (non-hydrogen) atoms. The van der Waals surface area contributed by atoms with Gasteiger partial charge in [0.1, 0.15) is 0 Å². The van der Waals surface area contributed by atoms with Crippen molar-refractivity contribution in [3.05, 3.63) is 65.5 Å². The van der Waals surface area contributed by atoms with Gasteiger partial charge in [0.15, 0.2) is 5.82 Å². The van der Waals surface area contributed by atoms with Gasteiger partial charge in [-0.2, -0.15) is 5.10 Å². The molecule has 3 aromatic rings. The molecule has 6 nitrogen and oxygen atoms in total. The van der Waals surface area contributed by atoms with Gasteiger partial charge < -0.3 is 4.90 Å². The summed E-state index contributed by atoms with van der Waals surface area (Å²) < 4.78 is 1.71. The SMILES string of the molecule is Cc1cnccc1-n1nc(C2CC2)nc1C(=O)N1c2ccccc2C[C@@H]1C. The van der Waals surface area contributed by atoms with E-state index >= 15 is 0 Å². The molecule has 0 radical (unpaired) electrons. The Balaban J connectivity index is 1.62. The average molecular weight is 359 g/mol. The van der Waals surface area contributed by atoms with Crippen LogP contribution in [-0.2, 0) is 6.42 Å². The Kier molecular flexibility index (Phi) is 3.60. The molecule has 2 aliphatic rings. The maximum absolute atomic E-state index is 13.6. The third kappa shape index (κ3) is 2.63. The molecular weight excluding hydrogens is 338 g/mol. The van der Waals surface area contributed by atoms with E-state index in [9.17, 15) is 4.79 Å². The summed E-state index contributed by atoms with van der Waals surface area (Å²) in [5.41, 5.74) is 4.00. The first-order valence-corrected chi connectivity index (χ1v) is 9.43. The number of hydrogen-bond acceptors (Lipinski definition) is 4. The molecular formula is C21H21N5O. The molecule has 0 unspecified atom stereocenters. The number of nitrogens with zero attached hydrogens (tertiary/aromatic N) is 5. The molecule has 0 bridgehead atoms. The summed E-state index contributed by atoms with van der Waals surface area (Å²) >= 11 is 0. The summed E-state index contributed by atoms with van der Waals surface area (Å²) in [5.74, 6) is 1.44. The smallest absolute Gasteiger partial charge is 0.296 e. The van der Waals surface area contributed by atoms with E-state index in [0.717, 1.165) is 42.0 Å². The zero-order chi connectivity index (χ0) is 18.5. The fourth-order valence-electron chi connectivity index (χ4n) is 3.84. The van der Waals surface area contributed by atoms with E-state index in [1.165, 1.54) is 5.56 Å². The summed E-state index contributed by atoms with van der Waals surface area (Å²) in [6, 6.07) is 10.1. The first-order chi connectivity index (χ1) is 13.1. The summed E-state index contributed by atoms with van der Waals surface area (Å²) in [6.07, 6.45) is 6.56. The number of pyridine rings is 1. The number of aryl methyl sites for hydroxylation is 1. The second-order valence-corrected chi connectivity index (χ2v) is 7.50. The van der Waals surface area contributed by atoms with Crippen molar-refractivity contribution in [1.29, 1.82) is 0 Å². The Bertz CT molecular complexity index is 1040. The Hall–Kier alpha value is -3.02. The van der Waals surface area contributed by atoms with E-state index in [-0.39, 0.29) is 11.9 Å². The highest BCUT2D eigenvalue weighted by molar-refractivity contribution is 6.06. The number of para-hydroxylation sites is 1. The number of rotatable bonds is 3. The lowest BCUT2D eigenvalue weighted by Crippen LogP contribution is -2.37. The van der Waals surface area contributed by atoms with Crippen molar-refractivity contribution >= 4 is 11.6 Å². The molecule has 1 amide bonds. The third-order valence-electron chi connectivity index (χ3n) is 5.40. The van der Waals surface area contributed by atoms with Gasteiger partial charge >= 0.3 is 0 Å². The minimum atomic E-state index is -0.0944. The number of amides is 1. The summed E-state index contributed by atoms with van der Waals surface area (Å²) in [7, 11) is 0. The maximum Gasteiger partial charge on any atom is 0.296 e. The van der Waals surface area contributed by atoms with Crippen LogP contribution in [0.1, 0.15) is 53.3 Å². The fourth-order valence-corrected chi connectivity index (χ4v) is 3.84. The predicted molar refractivity (Wildman–Crippen MR) is 102 cm³/mol. The molecule has 0 N–H and O–H groups in total. The molecule has 3 heterocycles. The summed E-state index contributed by atoms with van der Waals surface area (Å²) in [6.45, 7) is 4.06. The Morgan fingerprint density at radius 1 is 1.15 bits per heavy atom. The Morgan fingerprint density at radius 3 is 2.74 bits per heavy atom. The van der Waals surface area contributed by atoms with Crippen molar-refractivity contribution in [2.45, 2.75) is 45.1 Å². The molecule has 1 saturated carbocycles. The van der Waals surface area contributed by atoms with E-state index in [1.54, 1.807) is 17.1 Å². The van der Waals surface area contributed by atoms with Crippen LogP contribution in [0.3, 0.4) is 0 Å². The molecule has 1 aliphatic carbocycles. The minimum Gasteiger partial charge on any atom is -0.302 e. The van der Waals surface area contributed by atoms with E-state index in [2.05, 4.69) is 23.0 Å². The van der Waals surface area contributed by atoms with Crippen LogP contribution >= 0.6 is 0 Å². The van der Waals surface area contributed by atoms with Crippen molar-refractivity contribution in [1.82, 2.24) is 19.7 Å². The predicted octanol–water partition coefficient (Wildman–Crippen LogP) is 3.44. The largest absolute Gasteiger partial charge is 0.302 e. The fraction of sp³-hybridized carbons (Fsp3) is 0.333. The van der Waals surface area contributed by atoms with Gasteiger partial charge in [-0.25, -0.2) is 9.67 Å². The number of hydrogen-bond donors (Lipinski definition) is 0. The van der Waals surface area contributed by atoms with Gasteiger partial charge in [0.25, 0.3) is 5.91 Å². The van der Waals surface area contributed by atoms with Crippen LogP contribution < -0.4 is 4.90 Å². The van der Waals surface area contributed by atoms with Crippen molar-refractivity contribution in [2.24, 2.45) is 0 Å².